The number of carbonyl (C=O) groups excluding carboxylic acids is 2. The van der Waals surface area contributed by atoms with Gasteiger partial charge in [-0.3, -0.25) is 4.79 Å². The lowest BCUT2D eigenvalue weighted by molar-refractivity contribution is 0.0981. The minimum Gasteiger partial charge on any atom is -0.376 e. The summed E-state index contributed by atoms with van der Waals surface area (Å²) in [5.41, 5.74) is 3.75. The largest absolute Gasteiger partial charge is 0.376 e. The van der Waals surface area contributed by atoms with Crippen LogP contribution in [0, 0.1) is 0 Å². The molecule has 2 aromatic rings. The Morgan fingerprint density at radius 2 is 1.97 bits per heavy atom. The van der Waals surface area contributed by atoms with E-state index in [0.29, 0.717) is 18.7 Å². The van der Waals surface area contributed by atoms with Crippen molar-refractivity contribution in [1.29, 1.82) is 0 Å². The van der Waals surface area contributed by atoms with E-state index in [2.05, 4.69) is 23.6 Å². The third kappa shape index (κ3) is 4.43. The van der Waals surface area contributed by atoms with Crippen molar-refractivity contribution in [3.05, 3.63) is 65.2 Å². The molecule has 1 saturated heterocycles. The summed E-state index contributed by atoms with van der Waals surface area (Å²) in [4.78, 5) is 27.0. The highest BCUT2D eigenvalue weighted by molar-refractivity contribution is 6.07. The molecule has 0 bridgehead atoms. The normalized spacial score (nSPS) is 20.4. The van der Waals surface area contributed by atoms with Gasteiger partial charge >= 0.3 is 6.03 Å². The van der Waals surface area contributed by atoms with Crippen LogP contribution in [0.15, 0.2) is 48.5 Å². The van der Waals surface area contributed by atoms with Crippen molar-refractivity contribution in [2.75, 3.05) is 18.1 Å². The van der Waals surface area contributed by atoms with E-state index in [1.54, 1.807) is 0 Å². The summed E-state index contributed by atoms with van der Waals surface area (Å²) in [6.07, 6.45) is 3.01. The molecule has 1 fully saturated rings. The van der Waals surface area contributed by atoms with Crippen LogP contribution in [0.2, 0.25) is 0 Å². The number of hydrogen-bond donors (Lipinski definition) is 2. The molecule has 0 unspecified atom stereocenters. The van der Waals surface area contributed by atoms with E-state index in [1.807, 2.05) is 47.4 Å². The van der Waals surface area contributed by atoms with E-state index in [1.165, 1.54) is 0 Å². The van der Waals surface area contributed by atoms with E-state index in [-0.39, 0.29) is 24.1 Å². The molecule has 29 heavy (non-hydrogen) atoms. The molecule has 3 amide bonds. The number of fused-ring (bicyclic) bond motifs is 1. The molecule has 2 N–H and O–H groups in total. The number of rotatable bonds is 5. The maximum atomic E-state index is 13.0. The molecule has 4 rings (SSSR count). The molecular formula is C23H27N3O3. The van der Waals surface area contributed by atoms with Gasteiger partial charge in [-0.1, -0.05) is 30.3 Å². The number of nitrogens with zero attached hydrogens (tertiary/aromatic N) is 1. The van der Waals surface area contributed by atoms with Crippen LogP contribution in [0.25, 0.3) is 0 Å². The quantitative estimate of drug-likeness (QED) is 0.819. The second-order valence-corrected chi connectivity index (χ2v) is 7.76. The molecule has 0 spiro atoms. The summed E-state index contributed by atoms with van der Waals surface area (Å²) >= 11 is 0. The van der Waals surface area contributed by atoms with Gasteiger partial charge < -0.3 is 20.3 Å². The standard InChI is InChI=1S/C23H27N3O3/c1-16-12-19-10-9-17(14-24-23(28)25-15-20-8-5-11-29-20)13-21(19)26(16)22(27)18-6-3-2-4-7-18/h2-4,6-7,9-10,13,16,20H,5,8,11-12,14-15H2,1H3,(H2,24,25,28)/t16-,20-/m0/s1. The Bertz CT molecular complexity index is 878. The predicted molar refractivity (Wildman–Crippen MR) is 112 cm³/mol. The third-order valence-electron chi connectivity index (χ3n) is 5.57. The van der Waals surface area contributed by atoms with Crippen LogP contribution in [0.5, 0.6) is 0 Å². The Labute approximate surface area is 171 Å². The van der Waals surface area contributed by atoms with Gasteiger partial charge in [0.15, 0.2) is 0 Å². The monoisotopic (exact) mass is 393 g/mol. The number of carbonyl (C=O) groups is 2. The number of hydrogen-bond acceptors (Lipinski definition) is 3. The van der Waals surface area contributed by atoms with Crippen LogP contribution in [-0.2, 0) is 17.7 Å². The predicted octanol–water partition coefficient (Wildman–Crippen LogP) is 3.26. The van der Waals surface area contributed by atoms with Crippen molar-refractivity contribution in [3.63, 3.8) is 0 Å². The number of nitrogens with one attached hydrogen (secondary N) is 2. The van der Waals surface area contributed by atoms with Gasteiger partial charge in [0.05, 0.1) is 6.10 Å². The number of anilines is 1. The maximum Gasteiger partial charge on any atom is 0.315 e. The summed E-state index contributed by atoms with van der Waals surface area (Å²) < 4.78 is 5.52. The van der Waals surface area contributed by atoms with Gasteiger partial charge in [-0.2, -0.15) is 0 Å². The van der Waals surface area contributed by atoms with Crippen LogP contribution in [0.1, 0.15) is 41.3 Å². The Hall–Kier alpha value is -2.86. The summed E-state index contributed by atoms with van der Waals surface area (Å²) in [5, 5.41) is 5.76. The summed E-state index contributed by atoms with van der Waals surface area (Å²) in [6, 6.07) is 15.4. The lowest BCUT2D eigenvalue weighted by Crippen LogP contribution is -2.39. The number of ether oxygens (including phenoxy) is 1. The fraction of sp³-hybridized carbons (Fsp3) is 0.391. The molecule has 2 aromatic carbocycles. The zero-order valence-electron chi connectivity index (χ0n) is 16.7. The SMILES string of the molecule is C[C@H]1Cc2ccc(CNC(=O)NC[C@@H]3CCCO3)cc2N1C(=O)c1ccccc1. The molecule has 2 aliphatic rings. The minimum absolute atomic E-state index is 0.0104. The smallest absolute Gasteiger partial charge is 0.315 e. The van der Waals surface area contributed by atoms with Crippen molar-refractivity contribution in [1.82, 2.24) is 10.6 Å². The maximum absolute atomic E-state index is 13.0. The van der Waals surface area contributed by atoms with E-state index in [0.717, 1.165) is 42.7 Å². The van der Waals surface area contributed by atoms with Crippen molar-refractivity contribution < 1.29 is 14.3 Å². The second kappa shape index (κ2) is 8.66. The van der Waals surface area contributed by atoms with E-state index >= 15 is 0 Å². The zero-order valence-corrected chi connectivity index (χ0v) is 16.7. The van der Waals surface area contributed by atoms with E-state index < -0.39 is 0 Å². The lowest BCUT2D eigenvalue weighted by atomic mass is 10.1. The van der Waals surface area contributed by atoms with Gasteiger partial charge in [0, 0.05) is 37.0 Å². The van der Waals surface area contributed by atoms with Crippen LogP contribution < -0.4 is 15.5 Å². The van der Waals surface area contributed by atoms with Gasteiger partial charge in [0.2, 0.25) is 0 Å². The van der Waals surface area contributed by atoms with E-state index in [9.17, 15) is 9.59 Å². The highest BCUT2D eigenvalue weighted by atomic mass is 16.5. The van der Waals surface area contributed by atoms with Gasteiger partial charge in [0.25, 0.3) is 5.91 Å². The second-order valence-electron chi connectivity index (χ2n) is 7.76. The molecule has 2 aliphatic heterocycles. The molecule has 6 heteroatoms. The van der Waals surface area contributed by atoms with Crippen molar-refractivity contribution in [2.45, 2.75) is 44.9 Å². The Morgan fingerprint density at radius 3 is 2.72 bits per heavy atom. The average molecular weight is 393 g/mol. The molecule has 0 aromatic heterocycles. The van der Waals surface area contributed by atoms with Gasteiger partial charge in [-0.15, -0.1) is 0 Å². The molecule has 2 atom stereocenters. The minimum atomic E-state index is -0.202. The summed E-state index contributed by atoms with van der Waals surface area (Å²) in [7, 11) is 0. The highest BCUT2D eigenvalue weighted by Crippen LogP contribution is 2.34. The van der Waals surface area contributed by atoms with Crippen molar-refractivity contribution in [3.8, 4) is 0 Å². The van der Waals surface area contributed by atoms with Crippen LogP contribution in [-0.4, -0.2) is 37.2 Å². The number of urea groups is 1. The van der Waals surface area contributed by atoms with Crippen LogP contribution >= 0.6 is 0 Å². The van der Waals surface area contributed by atoms with Gasteiger partial charge in [-0.25, -0.2) is 4.79 Å². The first kappa shape index (κ1) is 19.5. The van der Waals surface area contributed by atoms with Gasteiger partial charge in [-0.05, 0) is 55.5 Å². The molecular weight excluding hydrogens is 366 g/mol. The fourth-order valence-electron chi connectivity index (χ4n) is 4.05. The Balaban J connectivity index is 1.40. The Kier molecular flexibility index (Phi) is 5.81. The molecule has 0 aliphatic carbocycles. The fourth-order valence-corrected chi connectivity index (χ4v) is 4.05. The summed E-state index contributed by atoms with van der Waals surface area (Å²) in [5.74, 6) is 0.0104. The van der Waals surface area contributed by atoms with E-state index in [4.69, 9.17) is 4.74 Å². The highest BCUT2D eigenvalue weighted by Gasteiger charge is 2.31. The lowest BCUT2D eigenvalue weighted by Gasteiger charge is -2.23. The molecule has 2 heterocycles. The van der Waals surface area contributed by atoms with Crippen LogP contribution in [0.4, 0.5) is 10.5 Å². The molecule has 152 valence electrons. The van der Waals surface area contributed by atoms with Gasteiger partial charge in [0.1, 0.15) is 0 Å². The number of benzene rings is 2. The zero-order chi connectivity index (χ0) is 20.2. The first-order valence-corrected chi connectivity index (χ1v) is 10.3. The van der Waals surface area contributed by atoms with Crippen LogP contribution in [0.3, 0.4) is 0 Å². The average Bonchev–Trinajstić information content (AvgIpc) is 3.37. The van der Waals surface area contributed by atoms with Crippen molar-refractivity contribution >= 4 is 17.6 Å². The first-order chi connectivity index (χ1) is 14.1. The molecule has 0 radical (unpaired) electrons. The van der Waals surface area contributed by atoms with Crippen molar-refractivity contribution in [2.24, 2.45) is 0 Å². The summed E-state index contributed by atoms with van der Waals surface area (Å²) in [6.45, 7) is 3.79. The topological polar surface area (TPSA) is 70.7 Å². The number of amides is 3. The first-order valence-electron chi connectivity index (χ1n) is 10.3. The Morgan fingerprint density at radius 1 is 1.14 bits per heavy atom. The third-order valence-corrected chi connectivity index (χ3v) is 5.57. The molecule has 6 nitrogen and oxygen atoms in total. The molecule has 0 saturated carbocycles.